The van der Waals surface area contributed by atoms with Gasteiger partial charge in [0, 0.05) is 40.8 Å². The molecule has 0 aromatic carbocycles. The van der Waals surface area contributed by atoms with Gasteiger partial charge in [-0.2, -0.15) is 0 Å². The van der Waals surface area contributed by atoms with Crippen LogP contribution in [0.25, 0.3) is 0 Å². The quantitative estimate of drug-likeness (QED) is 0.337. The molecule has 3 rings (SSSR count). The van der Waals surface area contributed by atoms with E-state index in [9.17, 15) is 0 Å². The smallest absolute Gasteiger partial charge is 0 e. The van der Waals surface area contributed by atoms with Crippen LogP contribution in [0.2, 0.25) is 0 Å². The van der Waals surface area contributed by atoms with E-state index >= 15 is 0 Å². The van der Waals surface area contributed by atoms with Crippen LogP contribution in [0.1, 0.15) is 33.6 Å². The van der Waals surface area contributed by atoms with Gasteiger partial charge in [-0.05, 0) is 37.0 Å². The molecule has 0 saturated heterocycles. The molecule has 3 aliphatic carbocycles. The van der Waals surface area contributed by atoms with Gasteiger partial charge in [-0.1, -0.05) is 25.5 Å². The molecule has 0 aromatic heterocycles. The van der Waals surface area contributed by atoms with Gasteiger partial charge >= 0.3 is 0 Å². The third-order valence-corrected chi connectivity index (χ3v) is 3.74. The van der Waals surface area contributed by atoms with Crippen molar-refractivity contribution in [3.05, 3.63) is 19.1 Å². The zero-order valence-corrected chi connectivity index (χ0v) is 14.3. The maximum Gasteiger partial charge on any atom is 0 e. The standard InChI is InChI=1S/C10H16.CH3.2Re/c1-7-4-5-8-6-9(7)10(8,2)3;;;/h4,8-9H,5-6H2,1-3H3;1H3;;/q;-1;;. The molecular weight excluding hydrogens is 505 g/mol. The van der Waals surface area contributed by atoms with E-state index in [4.69, 9.17) is 0 Å². The second-order valence-electron chi connectivity index (χ2n) is 4.49. The molecule has 0 amide bonds. The Bertz CT molecular complexity index is 194. The number of allylic oxidation sites excluding steroid dienone is 2. The number of fused-ring (bicyclic) bond motifs is 1. The first kappa shape index (κ1) is 16.5. The van der Waals surface area contributed by atoms with Gasteiger partial charge in [-0.25, -0.2) is 0 Å². The van der Waals surface area contributed by atoms with E-state index < -0.39 is 0 Å². The first-order valence-corrected chi connectivity index (χ1v) is 4.29. The van der Waals surface area contributed by atoms with Crippen molar-refractivity contribution in [2.45, 2.75) is 33.6 Å². The SMILES string of the molecule is CC1=CCC2CC1C2(C)C.[CH3-].[Re].[Re]. The first-order valence-electron chi connectivity index (χ1n) is 4.29. The maximum atomic E-state index is 2.43. The van der Waals surface area contributed by atoms with E-state index in [1.54, 1.807) is 5.57 Å². The Balaban J connectivity index is 0. The van der Waals surface area contributed by atoms with Crippen LogP contribution in [0, 0.1) is 24.7 Å². The van der Waals surface area contributed by atoms with Crippen LogP contribution < -0.4 is 0 Å². The van der Waals surface area contributed by atoms with Gasteiger partial charge in [-0.3, -0.25) is 0 Å². The molecule has 2 unspecified atom stereocenters. The molecular formula is C11H19Re2-. The molecule has 0 aliphatic heterocycles. The zero-order valence-electron chi connectivity index (χ0n) is 8.90. The molecule has 1 fully saturated rings. The largest absolute Gasteiger partial charge is 0.358 e. The zero-order chi connectivity index (χ0) is 7.35. The Hall–Kier alpha value is 1.06. The van der Waals surface area contributed by atoms with Crippen LogP contribution in [0.15, 0.2) is 11.6 Å². The molecule has 2 radical (unpaired) electrons. The fraction of sp³-hybridized carbons (Fsp3) is 0.727. The summed E-state index contributed by atoms with van der Waals surface area (Å²) in [5, 5.41) is 0. The van der Waals surface area contributed by atoms with Gasteiger partial charge in [-0.15, -0.1) is 0 Å². The van der Waals surface area contributed by atoms with Gasteiger partial charge in [0.05, 0.1) is 0 Å². The number of hydrogen-bond donors (Lipinski definition) is 0. The molecule has 1 saturated carbocycles. The molecule has 2 atom stereocenters. The Morgan fingerprint density at radius 1 is 1.31 bits per heavy atom. The predicted molar refractivity (Wildman–Crippen MR) is 50.2 cm³/mol. The van der Waals surface area contributed by atoms with Crippen molar-refractivity contribution in [1.29, 1.82) is 0 Å². The molecule has 0 spiro atoms. The average molecular weight is 524 g/mol. The average Bonchev–Trinajstić information content (AvgIpc) is 1.87. The van der Waals surface area contributed by atoms with Crippen LogP contribution in [0.4, 0.5) is 0 Å². The Kier molecular flexibility index (Phi) is 6.64. The minimum atomic E-state index is 0. The molecule has 0 N–H and O–H groups in total. The second-order valence-corrected chi connectivity index (χ2v) is 4.49. The van der Waals surface area contributed by atoms with Crippen molar-refractivity contribution in [2.75, 3.05) is 0 Å². The van der Waals surface area contributed by atoms with Gasteiger partial charge in [0.1, 0.15) is 0 Å². The number of rotatable bonds is 0. The summed E-state index contributed by atoms with van der Waals surface area (Å²) in [5.74, 6) is 1.92. The van der Waals surface area contributed by atoms with E-state index in [-0.39, 0.29) is 48.3 Å². The monoisotopic (exact) mass is 525 g/mol. The summed E-state index contributed by atoms with van der Waals surface area (Å²) < 4.78 is 0. The Morgan fingerprint density at radius 2 is 1.85 bits per heavy atom. The predicted octanol–water partition coefficient (Wildman–Crippen LogP) is 3.44. The molecule has 78 valence electrons. The van der Waals surface area contributed by atoms with Crippen molar-refractivity contribution < 1.29 is 40.8 Å². The fourth-order valence-corrected chi connectivity index (χ4v) is 2.66. The van der Waals surface area contributed by atoms with Crippen molar-refractivity contribution in [2.24, 2.45) is 17.3 Å². The van der Waals surface area contributed by atoms with Crippen LogP contribution >= 0.6 is 0 Å². The normalized spacial score (nSPS) is 32.4. The third kappa shape index (κ3) is 2.35. The molecule has 13 heavy (non-hydrogen) atoms. The van der Waals surface area contributed by atoms with Crippen molar-refractivity contribution >= 4 is 0 Å². The van der Waals surface area contributed by atoms with Crippen molar-refractivity contribution in [3.8, 4) is 0 Å². The van der Waals surface area contributed by atoms with Crippen LogP contribution in [-0.4, -0.2) is 0 Å². The van der Waals surface area contributed by atoms with Crippen LogP contribution in [-0.2, 0) is 40.8 Å². The summed E-state index contributed by atoms with van der Waals surface area (Å²) in [4.78, 5) is 0. The van der Waals surface area contributed by atoms with Gasteiger partial charge in [0.15, 0.2) is 0 Å². The van der Waals surface area contributed by atoms with Crippen LogP contribution in [0.5, 0.6) is 0 Å². The summed E-state index contributed by atoms with van der Waals surface area (Å²) in [6.45, 7) is 7.13. The topological polar surface area (TPSA) is 0 Å². The van der Waals surface area contributed by atoms with Gasteiger partial charge in [0.25, 0.3) is 0 Å². The minimum Gasteiger partial charge on any atom is -0.358 e. The van der Waals surface area contributed by atoms with Gasteiger partial charge < -0.3 is 7.43 Å². The van der Waals surface area contributed by atoms with E-state index in [1.165, 1.54) is 12.8 Å². The van der Waals surface area contributed by atoms with Crippen molar-refractivity contribution in [1.82, 2.24) is 0 Å². The summed E-state index contributed by atoms with van der Waals surface area (Å²) in [6, 6.07) is 0. The van der Waals surface area contributed by atoms with Crippen LogP contribution in [0.3, 0.4) is 0 Å². The molecule has 3 aliphatic rings. The number of hydrogen-bond acceptors (Lipinski definition) is 0. The maximum absolute atomic E-state index is 2.43. The fourth-order valence-electron chi connectivity index (χ4n) is 2.66. The van der Waals surface area contributed by atoms with E-state index in [0.717, 1.165) is 11.8 Å². The molecule has 0 nitrogen and oxygen atoms in total. The molecule has 2 heteroatoms. The summed E-state index contributed by atoms with van der Waals surface area (Å²) in [7, 11) is 0. The summed E-state index contributed by atoms with van der Waals surface area (Å²) in [5.41, 5.74) is 2.28. The van der Waals surface area contributed by atoms with E-state index in [0.29, 0.717) is 5.41 Å². The summed E-state index contributed by atoms with van der Waals surface area (Å²) in [6.07, 6.45) is 5.24. The van der Waals surface area contributed by atoms with Crippen molar-refractivity contribution in [3.63, 3.8) is 0 Å². The molecule has 0 heterocycles. The van der Waals surface area contributed by atoms with E-state index in [1.807, 2.05) is 0 Å². The second kappa shape index (κ2) is 5.23. The van der Waals surface area contributed by atoms with Gasteiger partial charge in [0.2, 0.25) is 0 Å². The van der Waals surface area contributed by atoms with E-state index in [2.05, 4.69) is 26.8 Å². The summed E-state index contributed by atoms with van der Waals surface area (Å²) >= 11 is 0. The first-order chi connectivity index (χ1) is 4.62. The Labute approximate surface area is 110 Å². The molecule has 2 bridgehead atoms. The minimum absolute atomic E-state index is 0. The third-order valence-electron chi connectivity index (χ3n) is 3.74. The Morgan fingerprint density at radius 3 is 2.08 bits per heavy atom. The molecule has 0 aromatic rings.